The first-order valence-electron chi connectivity index (χ1n) is 7.23. The molecule has 1 aromatic heterocycles. The van der Waals surface area contributed by atoms with Crippen LogP contribution in [0.2, 0.25) is 0 Å². The first-order chi connectivity index (χ1) is 11.0. The summed E-state index contributed by atoms with van der Waals surface area (Å²) >= 11 is 0. The number of hydrogen-bond donors (Lipinski definition) is 3. The predicted molar refractivity (Wildman–Crippen MR) is 82.9 cm³/mol. The molecule has 3 N–H and O–H groups in total. The average Bonchev–Trinajstić information content (AvgIpc) is 2.53. The number of aromatic nitrogens is 1. The Balaban J connectivity index is 1.92. The summed E-state index contributed by atoms with van der Waals surface area (Å²) in [5, 5.41) is 5.93. The first-order valence-corrected chi connectivity index (χ1v) is 7.23. The van der Waals surface area contributed by atoms with Crippen molar-refractivity contribution in [3.63, 3.8) is 0 Å². The summed E-state index contributed by atoms with van der Waals surface area (Å²) in [5.41, 5.74) is 0.392. The second kappa shape index (κ2) is 5.68. The highest BCUT2D eigenvalue weighted by molar-refractivity contribution is 6.04. The molecule has 2 aromatic rings. The van der Waals surface area contributed by atoms with E-state index in [1.807, 2.05) is 0 Å². The Morgan fingerprint density at radius 3 is 2.57 bits per heavy atom. The van der Waals surface area contributed by atoms with E-state index in [-0.39, 0.29) is 30.0 Å². The molecule has 7 heteroatoms. The number of fused-ring (bicyclic) bond motifs is 1. The number of aromatic amines is 1. The van der Waals surface area contributed by atoms with E-state index in [1.54, 1.807) is 31.2 Å². The summed E-state index contributed by atoms with van der Waals surface area (Å²) in [7, 11) is 0. The third-order valence-corrected chi connectivity index (χ3v) is 3.96. The Bertz CT molecular complexity index is 885. The number of H-pyrrole nitrogens is 1. The van der Waals surface area contributed by atoms with E-state index in [4.69, 9.17) is 0 Å². The van der Waals surface area contributed by atoms with Crippen molar-refractivity contribution in [3.05, 3.63) is 45.9 Å². The molecule has 1 unspecified atom stereocenters. The SMILES string of the molecule is Cc1c(C(=O)NC2CCC(=O)NC2=O)[nH]c(=O)c2ccccc12. The van der Waals surface area contributed by atoms with Crippen LogP contribution in [0, 0.1) is 6.92 Å². The molecule has 7 nitrogen and oxygen atoms in total. The lowest BCUT2D eigenvalue weighted by atomic mass is 10.0. The van der Waals surface area contributed by atoms with Gasteiger partial charge in [-0.2, -0.15) is 0 Å². The number of imide groups is 1. The molecule has 118 valence electrons. The minimum atomic E-state index is -0.783. The van der Waals surface area contributed by atoms with Crippen LogP contribution in [0.5, 0.6) is 0 Å². The van der Waals surface area contributed by atoms with Gasteiger partial charge in [-0.3, -0.25) is 24.5 Å². The van der Waals surface area contributed by atoms with Gasteiger partial charge in [-0.1, -0.05) is 18.2 Å². The standard InChI is InChI=1S/C16H15N3O4/c1-8-9-4-2-3-5-10(9)14(21)19-13(8)16(23)17-11-6-7-12(20)18-15(11)22/h2-5,11H,6-7H2,1H3,(H,17,23)(H,19,21)(H,18,20,22). The fourth-order valence-corrected chi connectivity index (χ4v) is 2.71. The molecule has 1 aromatic carbocycles. The molecule has 0 bridgehead atoms. The van der Waals surface area contributed by atoms with Crippen molar-refractivity contribution in [1.82, 2.24) is 15.6 Å². The van der Waals surface area contributed by atoms with Gasteiger partial charge >= 0.3 is 0 Å². The monoisotopic (exact) mass is 313 g/mol. The van der Waals surface area contributed by atoms with Gasteiger partial charge in [-0.05, 0) is 30.4 Å². The van der Waals surface area contributed by atoms with Gasteiger partial charge in [0.15, 0.2) is 0 Å². The van der Waals surface area contributed by atoms with Crippen LogP contribution >= 0.6 is 0 Å². The number of pyridine rings is 1. The van der Waals surface area contributed by atoms with Gasteiger partial charge in [-0.25, -0.2) is 0 Å². The van der Waals surface area contributed by atoms with Crippen molar-refractivity contribution in [3.8, 4) is 0 Å². The van der Waals surface area contributed by atoms with Crippen LogP contribution in [0.1, 0.15) is 28.9 Å². The van der Waals surface area contributed by atoms with Crippen molar-refractivity contribution in [2.75, 3.05) is 0 Å². The maximum Gasteiger partial charge on any atom is 0.268 e. The molecule has 0 radical (unpaired) electrons. The fourth-order valence-electron chi connectivity index (χ4n) is 2.71. The lowest BCUT2D eigenvalue weighted by Gasteiger charge is -2.22. The Kier molecular flexibility index (Phi) is 3.69. The van der Waals surface area contributed by atoms with Crippen molar-refractivity contribution in [1.29, 1.82) is 0 Å². The lowest BCUT2D eigenvalue weighted by molar-refractivity contribution is -0.134. The molecule has 2 heterocycles. The Hall–Kier alpha value is -2.96. The van der Waals surface area contributed by atoms with Gasteiger partial charge in [0, 0.05) is 11.8 Å². The third kappa shape index (κ3) is 2.73. The van der Waals surface area contributed by atoms with Gasteiger partial charge in [0.05, 0.1) is 0 Å². The number of carbonyl (C=O) groups excluding carboxylic acids is 3. The topological polar surface area (TPSA) is 108 Å². The second-order valence-electron chi connectivity index (χ2n) is 5.48. The van der Waals surface area contributed by atoms with Crippen LogP contribution in [0.4, 0.5) is 0 Å². The summed E-state index contributed by atoms with van der Waals surface area (Å²) in [6, 6.07) is 6.21. The highest BCUT2D eigenvalue weighted by Gasteiger charge is 2.28. The Labute approximate surface area is 131 Å². The van der Waals surface area contributed by atoms with Crippen LogP contribution < -0.4 is 16.2 Å². The molecule has 1 aliphatic rings. The molecule has 23 heavy (non-hydrogen) atoms. The van der Waals surface area contributed by atoms with Gasteiger partial charge in [-0.15, -0.1) is 0 Å². The maximum absolute atomic E-state index is 12.4. The normalized spacial score (nSPS) is 17.9. The van der Waals surface area contributed by atoms with E-state index in [0.717, 1.165) is 0 Å². The number of carbonyl (C=O) groups is 3. The quantitative estimate of drug-likeness (QED) is 0.696. The minimum Gasteiger partial charge on any atom is -0.339 e. The molecular weight excluding hydrogens is 298 g/mol. The van der Waals surface area contributed by atoms with E-state index in [9.17, 15) is 19.2 Å². The molecule has 3 rings (SSSR count). The van der Waals surface area contributed by atoms with Gasteiger partial charge in [0.25, 0.3) is 11.5 Å². The van der Waals surface area contributed by atoms with Crippen LogP contribution in [0.15, 0.2) is 29.1 Å². The molecule has 3 amide bonds. The molecule has 1 atom stereocenters. The van der Waals surface area contributed by atoms with Crippen molar-refractivity contribution < 1.29 is 14.4 Å². The van der Waals surface area contributed by atoms with Gasteiger partial charge < -0.3 is 10.3 Å². The van der Waals surface area contributed by atoms with Gasteiger partial charge in [0.2, 0.25) is 11.8 Å². The number of nitrogens with one attached hydrogen (secondary N) is 3. The second-order valence-corrected chi connectivity index (χ2v) is 5.48. The van der Waals surface area contributed by atoms with E-state index < -0.39 is 17.9 Å². The average molecular weight is 313 g/mol. The van der Waals surface area contributed by atoms with E-state index >= 15 is 0 Å². The number of amides is 3. The highest BCUT2D eigenvalue weighted by Crippen LogP contribution is 2.17. The third-order valence-electron chi connectivity index (χ3n) is 3.96. The predicted octanol–water partition coefficient (Wildman–Crippen LogP) is 0.372. The summed E-state index contributed by atoms with van der Waals surface area (Å²) < 4.78 is 0. The van der Waals surface area contributed by atoms with Crippen LogP contribution in [-0.4, -0.2) is 28.7 Å². The number of piperidine rings is 1. The van der Waals surface area contributed by atoms with E-state index in [1.165, 1.54) is 0 Å². The molecule has 1 fully saturated rings. The van der Waals surface area contributed by atoms with E-state index in [0.29, 0.717) is 16.3 Å². The van der Waals surface area contributed by atoms with Crippen LogP contribution in [0.25, 0.3) is 10.8 Å². The molecule has 0 aliphatic carbocycles. The van der Waals surface area contributed by atoms with Crippen molar-refractivity contribution >= 4 is 28.5 Å². The maximum atomic E-state index is 12.4. The molecular formula is C16H15N3O4. The smallest absolute Gasteiger partial charge is 0.268 e. The summed E-state index contributed by atoms with van der Waals surface area (Å²) in [5.74, 6) is -1.42. The van der Waals surface area contributed by atoms with Crippen molar-refractivity contribution in [2.24, 2.45) is 0 Å². The molecule has 0 saturated carbocycles. The number of hydrogen-bond acceptors (Lipinski definition) is 4. The zero-order valence-electron chi connectivity index (χ0n) is 12.4. The number of aryl methyl sites for hydroxylation is 1. The first kappa shape index (κ1) is 15.0. The highest BCUT2D eigenvalue weighted by atomic mass is 16.2. The Morgan fingerprint density at radius 1 is 1.17 bits per heavy atom. The largest absolute Gasteiger partial charge is 0.339 e. The summed E-state index contributed by atoms with van der Waals surface area (Å²) in [6.45, 7) is 1.73. The minimum absolute atomic E-state index is 0.124. The van der Waals surface area contributed by atoms with Gasteiger partial charge in [0.1, 0.15) is 11.7 Å². The van der Waals surface area contributed by atoms with Crippen LogP contribution in [0.3, 0.4) is 0 Å². The summed E-state index contributed by atoms with van der Waals surface area (Å²) in [6.07, 6.45) is 0.414. The molecule has 1 saturated heterocycles. The zero-order chi connectivity index (χ0) is 16.6. The Morgan fingerprint density at radius 2 is 1.87 bits per heavy atom. The number of rotatable bonds is 2. The lowest BCUT2D eigenvalue weighted by Crippen LogP contribution is -2.52. The number of benzene rings is 1. The van der Waals surface area contributed by atoms with E-state index in [2.05, 4.69) is 15.6 Å². The molecule has 1 aliphatic heterocycles. The zero-order valence-corrected chi connectivity index (χ0v) is 12.4. The summed E-state index contributed by atoms with van der Waals surface area (Å²) in [4.78, 5) is 49.9. The van der Waals surface area contributed by atoms with Crippen LogP contribution in [-0.2, 0) is 9.59 Å². The molecule has 0 spiro atoms. The fraction of sp³-hybridized carbons (Fsp3) is 0.250. The van der Waals surface area contributed by atoms with Crippen molar-refractivity contribution in [2.45, 2.75) is 25.8 Å².